The van der Waals surface area contributed by atoms with Gasteiger partial charge in [0.15, 0.2) is 0 Å². The van der Waals surface area contributed by atoms with Crippen LogP contribution in [0.25, 0.3) is 10.9 Å². The Kier molecular flexibility index (Phi) is 6.80. The normalized spacial score (nSPS) is 10.6. The highest BCUT2D eigenvalue weighted by molar-refractivity contribution is 7.80. The molecule has 22 heavy (non-hydrogen) atoms. The molecule has 0 spiro atoms. The number of anilines is 1. The third-order valence-electron chi connectivity index (χ3n) is 3.28. The van der Waals surface area contributed by atoms with Crippen LogP contribution in [0.1, 0.15) is 19.3 Å². The molecule has 118 valence electrons. The Labute approximate surface area is 141 Å². The third-order valence-corrected chi connectivity index (χ3v) is 3.74. The number of halogens is 1. The minimum absolute atomic E-state index is 0.0694. The number of pyridine rings is 1. The first-order chi connectivity index (χ1) is 10.7. The van der Waals surface area contributed by atoms with E-state index in [4.69, 9.17) is 11.6 Å². The molecule has 0 fully saturated rings. The average Bonchev–Trinajstić information content (AvgIpc) is 2.50. The number of nitrogens with zero attached hydrogens (tertiary/aromatic N) is 1. The SMILES string of the molecule is O=C(CCS)NCCCCNc1ccnc2cc(Cl)ccc12. The van der Waals surface area contributed by atoms with Gasteiger partial charge in [-0.05, 0) is 42.9 Å². The van der Waals surface area contributed by atoms with E-state index in [0.29, 0.717) is 23.7 Å². The van der Waals surface area contributed by atoms with E-state index in [9.17, 15) is 4.79 Å². The first kappa shape index (κ1) is 16.9. The van der Waals surface area contributed by atoms with E-state index >= 15 is 0 Å². The lowest BCUT2D eigenvalue weighted by Crippen LogP contribution is -2.24. The van der Waals surface area contributed by atoms with Gasteiger partial charge in [0.25, 0.3) is 0 Å². The van der Waals surface area contributed by atoms with Crippen molar-refractivity contribution in [2.75, 3.05) is 24.2 Å². The summed E-state index contributed by atoms with van der Waals surface area (Å²) < 4.78 is 0. The van der Waals surface area contributed by atoms with Gasteiger partial charge in [0.05, 0.1) is 5.52 Å². The van der Waals surface area contributed by atoms with Gasteiger partial charge in [-0.15, -0.1) is 0 Å². The van der Waals surface area contributed by atoms with Crippen molar-refractivity contribution >= 4 is 46.7 Å². The summed E-state index contributed by atoms with van der Waals surface area (Å²) in [5.41, 5.74) is 1.94. The van der Waals surface area contributed by atoms with Crippen LogP contribution >= 0.6 is 24.2 Å². The molecule has 2 aromatic rings. The van der Waals surface area contributed by atoms with Gasteiger partial charge >= 0.3 is 0 Å². The molecule has 0 atom stereocenters. The molecule has 1 aromatic heterocycles. The lowest BCUT2D eigenvalue weighted by atomic mass is 10.2. The first-order valence-corrected chi connectivity index (χ1v) is 8.37. The number of hydrogen-bond acceptors (Lipinski definition) is 4. The van der Waals surface area contributed by atoms with Gasteiger partial charge in [-0.25, -0.2) is 0 Å². The molecule has 0 aliphatic rings. The van der Waals surface area contributed by atoms with Crippen LogP contribution in [-0.2, 0) is 4.79 Å². The van der Waals surface area contributed by atoms with E-state index in [1.807, 2.05) is 24.3 Å². The monoisotopic (exact) mass is 337 g/mol. The second kappa shape index (κ2) is 8.86. The second-order valence-electron chi connectivity index (χ2n) is 4.98. The summed E-state index contributed by atoms with van der Waals surface area (Å²) in [5, 5.41) is 8.04. The van der Waals surface area contributed by atoms with Crippen LogP contribution in [0.5, 0.6) is 0 Å². The maximum atomic E-state index is 11.3. The number of thiol groups is 1. The topological polar surface area (TPSA) is 54.0 Å². The Morgan fingerprint density at radius 2 is 2.05 bits per heavy atom. The highest BCUT2D eigenvalue weighted by Gasteiger charge is 2.02. The van der Waals surface area contributed by atoms with Crippen LogP contribution < -0.4 is 10.6 Å². The van der Waals surface area contributed by atoms with Crippen molar-refractivity contribution in [3.05, 3.63) is 35.5 Å². The molecule has 0 aliphatic heterocycles. The fraction of sp³-hybridized carbons (Fsp3) is 0.375. The molecule has 4 nitrogen and oxygen atoms in total. The Bertz CT molecular complexity index is 636. The summed E-state index contributed by atoms with van der Waals surface area (Å²) in [7, 11) is 0. The molecule has 0 bridgehead atoms. The molecule has 6 heteroatoms. The van der Waals surface area contributed by atoms with Crippen molar-refractivity contribution in [2.24, 2.45) is 0 Å². The average molecular weight is 338 g/mol. The van der Waals surface area contributed by atoms with Gasteiger partial charge < -0.3 is 10.6 Å². The van der Waals surface area contributed by atoms with Crippen LogP contribution in [0.2, 0.25) is 5.02 Å². The van der Waals surface area contributed by atoms with Crippen LogP contribution in [-0.4, -0.2) is 29.7 Å². The van der Waals surface area contributed by atoms with Crippen LogP contribution in [0.3, 0.4) is 0 Å². The number of amides is 1. The minimum Gasteiger partial charge on any atom is -0.384 e. The number of fused-ring (bicyclic) bond motifs is 1. The van der Waals surface area contributed by atoms with E-state index in [0.717, 1.165) is 36.0 Å². The maximum Gasteiger partial charge on any atom is 0.220 e. The summed E-state index contributed by atoms with van der Waals surface area (Å²) in [5.74, 6) is 0.659. The lowest BCUT2D eigenvalue weighted by molar-refractivity contribution is -0.120. The molecule has 1 heterocycles. The van der Waals surface area contributed by atoms with Crippen molar-refractivity contribution in [1.29, 1.82) is 0 Å². The van der Waals surface area contributed by atoms with Crippen molar-refractivity contribution in [3.63, 3.8) is 0 Å². The van der Waals surface area contributed by atoms with Crippen molar-refractivity contribution in [2.45, 2.75) is 19.3 Å². The van der Waals surface area contributed by atoms with E-state index in [-0.39, 0.29) is 5.91 Å². The molecular formula is C16H20ClN3OS. The van der Waals surface area contributed by atoms with Gasteiger partial charge in [-0.2, -0.15) is 12.6 Å². The predicted molar refractivity (Wildman–Crippen MR) is 96.0 cm³/mol. The van der Waals surface area contributed by atoms with Gasteiger partial charge in [-0.1, -0.05) is 11.6 Å². The number of nitrogens with one attached hydrogen (secondary N) is 2. The van der Waals surface area contributed by atoms with Crippen LogP contribution in [0.15, 0.2) is 30.5 Å². The zero-order valence-corrected chi connectivity index (χ0v) is 14.0. The Balaban J connectivity index is 1.77. The molecule has 2 N–H and O–H groups in total. The number of rotatable bonds is 8. The fourth-order valence-corrected chi connectivity index (χ4v) is 2.54. The highest BCUT2D eigenvalue weighted by atomic mass is 35.5. The number of carbonyl (C=O) groups is 1. The zero-order chi connectivity index (χ0) is 15.8. The number of carbonyl (C=O) groups excluding carboxylic acids is 1. The van der Waals surface area contributed by atoms with Gasteiger partial charge in [0.2, 0.25) is 5.91 Å². The van der Waals surface area contributed by atoms with E-state index in [1.54, 1.807) is 6.20 Å². The standard InChI is InChI=1S/C16H20ClN3OS/c17-12-3-4-13-14(5-9-19-15(13)11-12)18-7-1-2-8-20-16(21)6-10-22/h3-5,9,11,22H,1-2,6-8,10H2,(H,18,19)(H,20,21). The molecule has 1 aromatic carbocycles. The van der Waals surface area contributed by atoms with Crippen molar-refractivity contribution in [1.82, 2.24) is 10.3 Å². The number of benzene rings is 1. The largest absolute Gasteiger partial charge is 0.384 e. The zero-order valence-electron chi connectivity index (χ0n) is 12.3. The Morgan fingerprint density at radius 3 is 2.86 bits per heavy atom. The third kappa shape index (κ3) is 5.07. The van der Waals surface area contributed by atoms with E-state index in [1.165, 1.54) is 0 Å². The molecule has 0 radical (unpaired) electrons. The molecule has 1 amide bonds. The lowest BCUT2D eigenvalue weighted by Gasteiger charge is -2.10. The van der Waals surface area contributed by atoms with Gasteiger partial charge in [-0.3, -0.25) is 9.78 Å². The highest BCUT2D eigenvalue weighted by Crippen LogP contribution is 2.24. The number of aromatic nitrogens is 1. The second-order valence-corrected chi connectivity index (χ2v) is 5.86. The summed E-state index contributed by atoms with van der Waals surface area (Å²) in [4.78, 5) is 15.6. The van der Waals surface area contributed by atoms with Crippen molar-refractivity contribution in [3.8, 4) is 0 Å². The smallest absolute Gasteiger partial charge is 0.220 e. The molecule has 0 unspecified atom stereocenters. The minimum atomic E-state index is 0.0694. The predicted octanol–water partition coefficient (Wildman–Crippen LogP) is 3.52. The maximum absolute atomic E-state index is 11.3. The molecular weight excluding hydrogens is 318 g/mol. The van der Waals surface area contributed by atoms with E-state index in [2.05, 4.69) is 28.2 Å². The molecule has 0 aliphatic carbocycles. The quantitative estimate of drug-likeness (QED) is 0.510. The van der Waals surface area contributed by atoms with Crippen LogP contribution in [0, 0.1) is 0 Å². The van der Waals surface area contributed by atoms with E-state index < -0.39 is 0 Å². The van der Waals surface area contributed by atoms with Gasteiger partial charge in [0, 0.05) is 41.8 Å². The fourth-order valence-electron chi connectivity index (χ4n) is 2.17. The summed E-state index contributed by atoms with van der Waals surface area (Å²) in [6.45, 7) is 1.56. The number of hydrogen-bond donors (Lipinski definition) is 3. The summed E-state index contributed by atoms with van der Waals surface area (Å²) in [6.07, 6.45) is 4.18. The first-order valence-electron chi connectivity index (χ1n) is 7.36. The molecule has 0 saturated carbocycles. The van der Waals surface area contributed by atoms with Crippen molar-refractivity contribution < 1.29 is 4.79 Å². The molecule has 2 rings (SSSR count). The molecule has 0 saturated heterocycles. The van der Waals surface area contributed by atoms with Gasteiger partial charge in [0.1, 0.15) is 0 Å². The summed E-state index contributed by atoms with van der Waals surface area (Å²) >= 11 is 10.0. The van der Waals surface area contributed by atoms with Crippen LogP contribution in [0.4, 0.5) is 5.69 Å². The Morgan fingerprint density at radius 1 is 1.23 bits per heavy atom. The summed E-state index contributed by atoms with van der Waals surface area (Å²) in [6, 6.07) is 7.67. The Hall–Kier alpha value is -1.46. The number of unbranched alkanes of at least 4 members (excludes halogenated alkanes) is 1.